The fourth-order valence-electron chi connectivity index (χ4n) is 2.45. The Kier molecular flexibility index (Phi) is 4.30. The van der Waals surface area contributed by atoms with Gasteiger partial charge in [0.1, 0.15) is 5.82 Å². The standard InChI is InChI=1S/C17H15ClFN3O/c1-2-23-17(20)12-9-14(19)11(8-13(12)18)10-22-7-5-15-16(22)4-3-6-21-15/h3-9,20H,2,10H2,1H3. The predicted molar refractivity (Wildman–Crippen MR) is 88.7 cm³/mol. The molecule has 0 saturated heterocycles. The number of benzene rings is 1. The first-order valence-corrected chi connectivity index (χ1v) is 7.57. The normalized spacial score (nSPS) is 10.9. The van der Waals surface area contributed by atoms with Gasteiger partial charge in [0.2, 0.25) is 5.90 Å². The van der Waals surface area contributed by atoms with Gasteiger partial charge in [0.15, 0.2) is 0 Å². The molecule has 0 bridgehead atoms. The van der Waals surface area contributed by atoms with E-state index in [4.69, 9.17) is 21.7 Å². The van der Waals surface area contributed by atoms with Crippen molar-refractivity contribution in [3.63, 3.8) is 0 Å². The number of ether oxygens (including phenoxy) is 1. The van der Waals surface area contributed by atoms with Crippen LogP contribution in [0.3, 0.4) is 0 Å². The molecule has 1 aromatic carbocycles. The number of hydrogen-bond donors (Lipinski definition) is 1. The molecule has 0 atom stereocenters. The van der Waals surface area contributed by atoms with Crippen LogP contribution in [0, 0.1) is 11.2 Å². The molecule has 6 heteroatoms. The van der Waals surface area contributed by atoms with Gasteiger partial charge >= 0.3 is 0 Å². The molecule has 3 aromatic rings. The maximum atomic E-state index is 14.4. The average Bonchev–Trinajstić information content (AvgIpc) is 2.94. The summed E-state index contributed by atoms with van der Waals surface area (Å²) < 4.78 is 21.4. The minimum absolute atomic E-state index is 0.126. The highest BCUT2D eigenvalue weighted by Crippen LogP contribution is 2.24. The minimum atomic E-state index is -0.417. The second-order valence-electron chi connectivity index (χ2n) is 5.04. The van der Waals surface area contributed by atoms with Gasteiger partial charge in [0.05, 0.1) is 34.8 Å². The van der Waals surface area contributed by atoms with Crippen LogP contribution in [0.25, 0.3) is 11.0 Å². The Morgan fingerprint density at radius 2 is 2.22 bits per heavy atom. The van der Waals surface area contributed by atoms with Crippen molar-refractivity contribution in [2.75, 3.05) is 6.61 Å². The molecule has 0 saturated carbocycles. The first-order valence-electron chi connectivity index (χ1n) is 7.19. The van der Waals surface area contributed by atoms with Crippen molar-refractivity contribution in [3.05, 3.63) is 64.7 Å². The maximum absolute atomic E-state index is 14.4. The third kappa shape index (κ3) is 3.05. The zero-order valence-corrected chi connectivity index (χ0v) is 13.3. The van der Waals surface area contributed by atoms with E-state index < -0.39 is 5.82 Å². The molecule has 23 heavy (non-hydrogen) atoms. The van der Waals surface area contributed by atoms with Crippen molar-refractivity contribution in [2.45, 2.75) is 13.5 Å². The SMILES string of the molecule is CCOC(=N)c1cc(F)c(Cn2ccc3ncccc32)cc1Cl. The lowest BCUT2D eigenvalue weighted by atomic mass is 10.1. The quantitative estimate of drug-likeness (QED) is 0.574. The van der Waals surface area contributed by atoms with Crippen LogP contribution in [-0.4, -0.2) is 22.1 Å². The molecule has 0 spiro atoms. The van der Waals surface area contributed by atoms with Crippen LogP contribution in [0.15, 0.2) is 42.7 Å². The molecule has 3 rings (SSSR count). The molecule has 0 fully saturated rings. The summed E-state index contributed by atoms with van der Waals surface area (Å²) in [5.74, 6) is -0.543. The van der Waals surface area contributed by atoms with Crippen LogP contribution in [0.2, 0.25) is 5.02 Å². The Balaban J connectivity index is 1.95. The van der Waals surface area contributed by atoms with E-state index in [1.54, 1.807) is 19.2 Å². The highest BCUT2D eigenvalue weighted by molar-refractivity contribution is 6.33. The predicted octanol–water partition coefficient (Wildman–Crippen LogP) is 4.24. The topological polar surface area (TPSA) is 50.9 Å². The van der Waals surface area contributed by atoms with Gasteiger partial charge in [0, 0.05) is 18.0 Å². The van der Waals surface area contributed by atoms with Gasteiger partial charge in [-0.1, -0.05) is 11.6 Å². The van der Waals surface area contributed by atoms with Crippen molar-refractivity contribution in [1.82, 2.24) is 9.55 Å². The fourth-order valence-corrected chi connectivity index (χ4v) is 2.72. The zero-order chi connectivity index (χ0) is 16.4. The van der Waals surface area contributed by atoms with Crippen LogP contribution < -0.4 is 0 Å². The second kappa shape index (κ2) is 6.38. The Labute approximate surface area is 138 Å². The summed E-state index contributed by atoms with van der Waals surface area (Å²) >= 11 is 6.18. The number of nitrogens with one attached hydrogen (secondary N) is 1. The Morgan fingerprint density at radius 3 is 3.00 bits per heavy atom. The van der Waals surface area contributed by atoms with Crippen LogP contribution in [-0.2, 0) is 11.3 Å². The van der Waals surface area contributed by atoms with Gasteiger partial charge in [-0.25, -0.2) is 4.39 Å². The van der Waals surface area contributed by atoms with Gasteiger partial charge in [-0.3, -0.25) is 10.4 Å². The summed E-state index contributed by atoms with van der Waals surface area (Å²) in [6.45, 7) is 2.43. The zero-order valence-electron chi connectivity index (χ0n) is 12.5. The van der Waals surface area contributed by atoms with Crippen LogP contribution in [0.4, 0.5) is 4.39 Å². The number of aromatic nitrogens is 2. The molecule has 2 heterocycles. The first-order chi connectivity index (χ1) is 11.1. The molecule has 118 valence electrons. The minimum Gasteiger partial charge on any atom is -0.478 e. The number of fused-ring (bicyclic) bond motifs is 1. The van der Waals surface area contributed by atoms with Crippen molar-refractivity contribution in [3.8, 4) is 0 Å². The van der Waals surface area contributed by atoms with Crippen LogP contribution >= 0.6 is 11.6 Å². The number of halogens is 2. The van der Waals surface area contributed by atoms with Gasteiger partial charge in [-0.05, 0) is 37.3 Å². The highest BCUT2D eigenvalue weighted by atomic mass is 35.5. The molecule has 4 nitrogen and oxygen atoms in total. The van der Waals surface area contributed by atoms with Crippen molar-refractivity contribution >= 4 is 28.5 Å². The molecule has 0 unspecified atom stereocenters. The smallest absolute Gasteiger partial charge is 0.214 e. The Hall–Kier alpha value is -2.40. The molecule has 0 aliphatic carbocycles. The van der Waals surface area contributed by atoms with E-state index in [0.29, 0.717) is 23.7 Å². The third-order valence-electron chi connectivity index (χ3n) is 3.55. The van der Waals surface area contributed by atoms with E-state index >= 15 is 0 Å². The van der Waals surface area contributed by atoms with E-state index in [9.17, 15) is 4.39 Å². The molecule has 0 aliphatic heterocycles. The number of nitrogens with zero attached hydrogens (tertiary/aromatic N) is 2. The lowest BCUT2D eigenvalue weighted by molar-refractivity contribution is 0.325. The summed E-state index contributed by atoms with van der Waals surface area (Å²) in [5, 5.41) is 8.06. The van der Waals surface area contributed by atoms with Crippen LogP contribution in [0.5, 0.6) is 0 Å². The second-order valence-corrected chi connectivity index (χ2v) is 5.44. The van der Waals surface area contributed by atoms with E-state index in [1.165, 1.54) is 6.07 Å². The molecule has 1 N–H and O–H groups in total. The van der Waals surface area contributed by atoms with Gasteiger partial charge in [-0.15, -0.1) is 0 Å². The summed E-state index contributed by atoms with van der Waals surface area (Å²) in [4.78, 5) is 4.26. The van der Waals surface area contributed by atoms with Crippen molar-refractivity contribution in [2.24, 2.45) is 0 Å². The fraction of sp³-hybridized carbons (Fsp3) is 0.176. The van der Waals surface area contributed by atoms with Gasteiger partial charge < -0.3 is 9.30 Å². The maximum Gasteiger partial charge on any atom is 0.214 e. The van der Waals surface area contributed by atoms with E-state index in [1.807, 2.05) is 29.0 Å². The van der Waals surface area contributed by atoms with Crippen LogP contribution in [0.1, 0.15) is 18.1 Å². The molecular weight excluding hydrogens is 317 g/mol. The summed E-state index contributed by atoms with van der Waals surface area (Å²) in [7, 11) is 0. The van der Waals surface area contributed by atoms with Gasteiger partial charge in [0.25, 0.3) is 0 Å². The van der Waals surface area contributed by atoms with Crippen molar-refractivity contribution < 1.29 is 9.13 Å². The summed E-state index contributed by atoms with van der Waals surface area (Å²) in [5.41, 5.74) is 2.49. The van der Waals surface area contributed by atoms with E-state index in [-0.39, 0.29) is 11.5 Å². The molecular formula is C17H15ClFN3O. The average molecular weight is 332 g/mol. The summed E-state index contributed by atoms with van der Waals surface area (Å²) in [6.07, 6.45) is 3.58. The molecule has 0 aliphatic rings. The van der Waals surface area contributed by atoms with E-state index in [2.05, 4.69) is 4.98 Å². The number of pyridine rings is 1. The lowest BCUT2D eigenvalue weighted by Crippen LogP contribution is -2.08. The number of hydrogen-bond acceptors (Lipinski definition) is 3. The monoisotopic (exact) mass is 331 g/mol. The van der Waals surface area contributed by atoms with Crippen molar-refractivity contribution in [1.29, 1.82) is 5.41 Å². The highest BCUT2D eigenvalue weighted by Gasteiger charge is 2.14. The molecule has 2 aromatic heterocycles. The summed E-state index contributed by atoms with van der Waals surface area (Å²) in [6, 6.07) is 8.45. The Bertz CT molecular complexity index is 875. The Morgan fingerprint density at radius 1 is 1.39 bits per heavy atom. The molecule has 0 amide bonds. The third-order valence-corrected chi connectivity index (χ3v) is 3.86. The lowest BCUT2D eigenvalue weighted by Gasteiger charge is -2.11. The van der Waals surface area contributed by atoms with E-state index in [0.717, 1.165) is 11.0 Å². The van der Waals surface area contributed by atoms with Gasteiger partial charge in [-0.2, -0.15) is 0 Å². The largest absolute Gasteiger partial charge is 0.478 e. The molecule has 0 radical (unpaired) electrons. The first kappa shape index (κ1) is 15.5. The number of rotatable bonds is 4.